The van der Waals surface area contributed by atoms with Gasteiger partial charge in [-0.15, -0.1) is 11.3 Å². The molecule has 4 rings (SSSR count). The van der Waals surface area contributed by atoms with E-state index >= 15 is 0 Å². The van der Waals surface area contributed by atoms with Crippen LogP contribution in [-0.2, 0) is 35.5 Å². The van der Waals surface area contributed by atoms with Crippen molar-refractivity contribution in [2.24, 2.45) is 0 Å². The summed E-state index contributed by atoms with van der Waals surface area (Å²) in [6.07, 6.45) is -0.148. The third-order valence-electron chi connectivity index (χ3n) is 4.82. The van der Waals surface area contributed by atoms with Crippen molar-refractivity contribution in [3.63, 3.8) is 0 Å². The van der Waals surface area contributed by atoms with Gasteiger partial charge in [-0.1, -0.05) is 0 Å². The van der Waals surface area contributed by atoms with Crippen LogP contribution in [0.25, 0.3) is 0 Å². The Labute approximate surface area is 188 Å². The van der Waals surface area contributed by atoms with Crippen molar-refractivity contribution in [2.45, 2.75) is 10.6 Å². The molecule has 2 aliphatic heterocycles. The lowest BCUT2D eigenvalue weighted by Crippen LogP contribution is -2.40. The van der Waals surface area contributed by atoms with Gasteiger partial charge in [-0.05, 0) is 30.3 Å². The minimum Gasteiger partial charge on any atom is -0.482 e. The second-order valence-corrected chi connectivity index (χ2v) is 10.4. The third kappa shape index (κ3) is 4.99. The average Bonchev–Trinajstić information content (AvgIpc) is 3.27. The van der Waals surface area contributed by atoms with E-state index < -0.39 is 28.4 Å². The first kappa shape index (κ1) is 22.4. The van der Waals surface area contributed by atoms with Gasteiger partial charge in [0.2, 0.25) is 0 Å². The molecule has 2 aromatic rings. The maximum atomic E-state index is 12.7. The lowest BCUT2D eigenvalue weighted by molar-refractivity contribution is -0.141. The monoisotopic (exact) mass is 480 g/mol. The molecule has 0 aliphatic carbocycles. The number of nitrogens with zero attached hydrogens (tertiary/aromatic N) is 1. The molecule has 0 bridgehead atoms. The number of ether oxygens (including phenoxy) is 3. The molecule has 0 atom stereocenters. The van der Waals surface area contributed by atoms with Crippen LogP contribution in [0.1, 0.15) is 15.2 Å². The molecule has 1 aromatic heterocycles. The molecule has 12 heteroatoms. The standard InChI is InChI=1S/C20H20N2O8S2/c23-16(13-1-3-17-15(9-13)21-18(24)12-29-17)11-30-19(25)10-14-2-4-20(31-14)32(26,27)22-5-7-28-8-6-22/h1-4,9H,5-8,10-12H2,(H,21,24). The number of hydrogen-bond acceptors (Lipinski definition) is 9. The number of rotatable bonds is 7. The Bertz CT molecular complexity index is 1150. The van der Waals surface area contributed by atoms with Crippen LogP contribution in [0.3, 0.4) is 0 Å². The Morgan fingerprint density at radius 3 is 2.72 bits per heavy atom. The summed E-state index contributed by atoms with van der Waals surface area (Å²) in [6, 6.07) is 7.57. The van der Waals surface area contributed by atoms with E-state index in [0.29, 0.717) is 29.5 Å². The molecule has 170 valence electrons. The first-order valence-electron chi connectivity index (χ1n) is 9.75. The van der Waals surface area contributed by atoms with E-state index in [-0.39, 0.29) is 41.8 Å². The number of carbonyl (C=O) groups is 3. The molecule has 0 unspecified atom stereocenters. The van der Waals surface area contributed by atoms with Gasteiger partial charge in [-0.25, -0.2) is 8.42 Å². The number of hydrogen-bond donors (Lipinski definition) is 1. The van der Waals surface area contributed by atoms with Crippen LogP contribution in [-0.4, -0.2) is 69.9 Å². The number of esters is 1. The Morgan fingerprint density at radius 1 is 1.16 bits per heavy atom. The first-order valence-corrected chi connectivity index (χ1v) is 12.0. The van der Waals surface area contributed by atoms with Crippen molar-refractivity contribution in [2.75, 3.05) is 44.8 Å². The smallest absolute Gasteiger partial charge is 0.311 e. The first-order chi connectivity index (χ1) is 15.3. The zero-order valence-electron chi connectivity index (χ0n) is 16.9. The highest BCUT2D eigenvalue weighted by atomic mass is 32.2. The van der Waals surface area contributed by atoms with Gasteiger partial charge in [0.1, 0.15) is 9.96 Å². The van der Waals surface area contributed by atoms with E-state index in [1.807, 2.05) is 0 Å². The second-order valence-electron chi connectivity index (χ2n) is 7.05. The molecule has 3 heterocycles. The highest BCUT2D eigenvalue weighted by Gasteiger charge is 2.28. The lowest BCUT2D eigenvalue weighted by atomic mass is 10.1. The normalized spacial score (nSPS) is 16.6. The van der Waals surface area contributed by atoms with Crippen molar-refractivity contribution in [1.82, 2.24) is 4.31 Å². The number of Topliss-reactive ketones (excluding diaryl/α,β-unsaturated/α-hetero) is 1. The number of nitrogens with one attached hydrogen (secondary N) is 1. The quantitative estimate of drug-likeness (QED) is 0.460. The van der Waals surface area contributed by atoms with Gasteiger partial charge in [0.15, 0.2) is 19.0 Å². The number of fused-ring (bicyclic) bond motifs is 1. The fourth-order valence-corrected chi connectivity index (χ4v) is 6.09. The van der Waals surface area contributed by atoms with Gasteiger partial charge < -0.3 is 19.5 Å². The van der Waals surface area contributed by atoms with Crippen LogP contribution in [0.15, 0.2) is 34.5 Å². The van der Waals surface area contributed by atoms with Gasteiger partial charge in [0.05, 0.1) is 25.3 Å². The fourth-order valence-electron chi connectivity index (χ4n) is 3.19. The van der Waals surface area contributed by atoms with Crippen molar-refractivity contribution < 1.29 is 37.0 Å². The molecule has 32 heavy (non-hydrogen) atoms. The summed E-state index contributed by atoms with van der Waals surface area (Å²) in [4.78, 5) is 36.5. The molecule has 1 aromatic carbocycles. The summed E-state index contributed by atoms with van der Waals surface area (Å²) in [5, 5.41) is 2.61. The number of ketones is 1. The number of thiophene rings is 1. The molecule has 0 saturated carbocycles. The molecule has 1 fully saturated rings. The minimum atomic E-state index is -3.62. The maximum Gasteiger partial charge on any atom is 0.311 e. The molecule has 0 spiro atoms. The van der Waals surface area contributed by atoms with E-state index in [2.05, 4.69) is 5.32 Å². The predicted molar refractivity (Wildman–Crippen MR) is 113 cm³/mol. The van der Waals surface area contributed by atoms with Crippen LogP contribution in [0, 0.1) is 0 Å². The Hall–Kier alpha value is -2.80. The van der Waals surface area contributed by atoms with Gasteiger partial charge >= 0.3 is 5.97 Å². The Morgan fingerprint density at radius 2 is 1.94 bits per heavy atom. The van der Waals surface area contributed by atoms with Gasteiger partial charge in [0.25, 0.3) is 15.9 Å². The summed E-state index contributed by atoms with van der Waals surface area (Å²) < 4.78 is 42.3. The van der Waals surface area contributed by atoms with Gasteiger partial charge in [0, 0.05) is 23.5 Å². The minimum absolute atomic E-state index is 0.0872. The summed E-state index contributed by atoms with van der Waals surface area (Å²) >= 11 is 0.998. The highest BCUT2D eigenvalue weighted by Crippen LogP contribution is 2.29. The van der Waals surface area contributed by atoms with E-state index in [4.69, 9.17) is 14.2 Å². The summed E-state index contributed by atoms with van der Waals surface area (Å²) in [5.41, 5.74) is 0.642. The molecule has 10 nitrogen and oxygen atoms in total. The molecule has 1 saturated heterocycles. The number of morpholine rings is 1. The summed E-state index contributed by atoms with van der Waals surface area (Å²) in [7, 11) is -3.62. The largest absolute Gasteiger partial charge is 0.482 e. The fraction of sp³-hybridized carbons (Fsp3) is 0.350. The van der Waals surface area contributed by atoms with E-state index in [1.165, 1.54) is 22.5 Å². The van der Waals surface area contributed by atoms with E-state index in [9.17, 15) is 22.8 Å². The van der Waals surface area contributed by atoms with Crippen molar-refractivity contribution in [1.29, 1.82) is 0 Å². The molecule has 1 N–H and O–H groups in total. The van der Waals surface area contributed by atoms with Crippen molar-refractivity contribution in [3.8, 4) is 5.75 Å². The molecule has 0 radical (unpaired) electrons. The molecular weight excluding hydrogens is 460 g/mol. The Balaban J connectivity index is 1.32. The van der Waals surface area contributed by atoms with E-state index in [0.717, 1.165) is 11.3 Å². The van der Waals surface area contributed by atoms with Crippen LogP contribution >= 0.6 is 11.3 Å². The third-order valence-corrected chi connectivity index (χ3v) is 8.27. The van der Waals surface area contributed by atoms with Gasteiger partial charge in [-0.2, -0.15) is 4.31 Å². The average molecular weight is 481 g/mol. The van der Waals surface area contributed by atoms with Crippen molar-refractivity contribution in [3.05, 3.63) is 40.8 Å². The lowest BCUT2D eigenvalue weighted by Gasteiger charge is -2.25. The highest BCUT2D eigenvalue weighted by molar-refractivity contribution is 7.91. The number of anilines is 1. The zero-order chi connectivity index (χ0) is 22.7. The number of carbonyl (C=O) groups excluding carboxylic acids is 3. The molecule has 2 aliphatic rings. The topological polar surface area (TPSA) is 128 Å². The van der Waals surface area contributed by atoms with Gasteiger partial charge in [-0.3, -0.25) is 14.4 Å². The second kappa shape index (κ2) is 9.36. The van der Waals surface area contributed by atoms with Crippen molar-refractivity contribution >= 4 is 44.7 Å². The molecular formula is C20H20N2O8S2. The predicted octanol–water partition coefficient (Wildman–Crippen LogP) is 1.07. The Kier molecular flexibility index (Phi) is 6.55. The number of sulfonamides is 1. The number of benzene rings is 1. The number of amides is 1. The maximum absolute atomic E-state index is 12.7. The van der Waals surface area contributed by atoms with Crippen LogP contribution in [0.5, 0.6) is 5.75 Å². The van der Waals surface area contributed by atoms with Crippen LogP contribution in [0.2, 0.25) is 0 Å². The van der Waals surface area contributed by atoms with Crippen LogP contribution in [0.4, 0.5) is 5.69 Å². The SMILES string of the molecule is O=C1COc2ccc(C(=O)COC(=O)Cc3ccc(S(=O)(=O)N4CCOCC4)s3)cc2N1. The summed E-state index contributed by atoms with van der Waals surface area (Å²) in [5.74, 6) is -0.953. The molecule has 1 amide bonds. The van der Waals surface area contributed by atoms with Crippen LogP contribution < -0.4 is 10.1 Å². The van der Waals surface area contributed by atoms with E-state index in [1.54, 1.807) is 12.1 Å². The zero-order valence-corrected chi connectivity index (χ0v) is 18.5. The summed E-state index contributed by atoms with van der Waals surface area (Å²) in [6.45, 7) is 0.714.